The zero-order valence-electron chi connectivity index (χ0n) is 18.9. The second-order valence-corrected chi connectivity index (χ2v) is 7.72. The van der Waals surface area contributed by atoms with Crippen LogP contribution in [0.25, 0.3) is 6.08 Å². The monoisotopic (exact) mass is 466 g/mol. The first-order chi connectivity index (χ1) is 15.8. The van der Waals surface area contributed by atoms with E-state index >= 15 is 0 Å². The Morgan fingerprint density at radius 1 is 1.12 bits per heavy atom. The number of allylic oxidation sites excluding steroid dienone is 1. The third-order valence-electron chi connectivity index (χ3n) is 5.08. The minimum absolute atomic E-state index is 0.251. The zero-order valence-corrected chi connectivity index (χ0v) is 19.7. The van der Waals surface area contributed by atoms with E-state index in [2.05, 4.69) is 10.6 Å². The molecule has 1 unspecified atom stereocenters. The molecule has 0 aliphatic carbocycles. The summed E-state index contributed by atoms with van der Waals surface area (Å²) in [7, 11) is 1.48. The van der Waals surface area contributed by atoms with Gasteiger partial charge in [0, 0.05) is 11.8 Å². The summed E-state index contributed by atoms with van der Waals surface area (Å²) < 4.78 is 16.1. The summed E-state index contributed by atoms with van der Waals surface area (Å²) >= 11 is 5.27. The normalized spacial score (nSPS) is 15.6. The fourth-order valence-electron chi connectivity index (χ4n) is 3.45. The van der Waals surface area contributed by atoms with Crippen LogP contribution in [-0.4, -0.2) is 30.8 Å². The summed E-state index contributed by atoms with van der Waals surface area (Å²) in [6.07, 6.45) is 3.07. The fraction of sp³-hybridized carbons (Fsp3) is 0.240. The van der Waals surface area contributed by atoms with Crippen molar-refractivity contribution in [2.75, 3.05) is 13.7 Å². The number of methoxy groups -OCH3 is 1. The van der Waals surface area contributed by atoms with E-state index in [4.69, 9.17) is 26.4 Å². The predicted molar refractivity (Wildman–Crippen MR) is 130 cm³/mol. The average molecular weight is 467 g/mol. The highest BCUT2D eigenvalue weighted by Crippen LogP contribution is 2.34. The first-order valence-electron chi connectivity index (χ1n) is 10.4. The van der Waals surface area contributed by atoms with Gasteiger partial charge in [0.1, 0.15) is 0 Å². The minimum Gasteiger partial charge on any atom is -0.493 e. The number of hydrogen-bond acceptors (Lipinski definition) is 6. The van der Waals surface area contributed by atoms with Crippen LogP contribution in [0.15, 0.2) is 59.8 Å². The van der Waals surface area contributed by atoms with Crippen LogP contribution in [-0.2, 0) is 14.3 Å². The molecule has 172 valence electrons. The highest BCUT2D eigenvalue weighted by Gasteiger charge is 2.31. The van der Waals surface area contributed by atoms with Gasteiger partial charge in [-0.1, -0.05) is 30.3 Å². The number of esters is 2. The van der Waals surface area contributed by atoms with Gasteiger partial charge >= 0.3 is 11.9 Å². The van der Waals surface area contributed by atoms with Gasteiger partial charge in [0.25, 0.3) is 0 Å². The van der Waals surface area contributed by atoms with Gasteiger partial charge in [0.15, 0.2) is 16.6 Å². The number of hydrogen-bond donors (Lipinski definition) is 2. The maximum Gasteiger partial charge on any atom is 0.338 e. The number of carbonyl (C=O) groups excluding carboxylic acids is 2. The summed E-state index contributed by atoms with van der Waals surface area (Å²) in [4.78, 5) is 24.9. The third kappa shape index (κ3) is 5.78. The number of carbonyl (C=O) groups is 2. The second-order valence-electron chi connectivity index (χ2n) is 7.31. The highest BCUT2D eigenvalue weighted by atomic mass is 32.1. The van der Waals surface area contributed by atoms with Crippen LogP contribution in [0.4, 0.5) is 0 Å². The maximum atomic E-state index is 12.6. The topological polar surface area (TPSA) is 85.9 Å². The molecule has 1 aliphatic rings. The largest absolute Gasteiger partial charge is 0.493 e. The lowest BCUT2D eigenvalue weighted by Crippen LogP contribution is -2.45. The number of benzene rings is 2. The molecule has 0 bridgehead atoms. The van der Waals surface area contributed by atoms with Crippen LogP contribution < -0.4 is 20.1 Å². The van der Waals surface area contributed by atoms with Gasteiger partial charge in [0.2, 0.25) is 0 Å². The summed E-state index contributed by atoms with van der Waals surface area (Å²) in [6.45, 7) is 5.73. The van der Waals surface area contributed by atoms with E-state index in [0.29, 0.717) is 27.7 Å². The molecular weight excluding hydrogens is 440 g/mol. The Morgan fingerprint density at radius 2 is 1.88 bits per heavy atom. The smallest absolute Gasteiger partial charge is 0.338 e. The van der Waals surface area contributed by atoms with Crippen LogP contribution in [0.1, 0.15) is 36.6 Å². The van der Waals surface area contributed by atoms with E-state index in [1.165, 1.54) is 13.2 Å². The molecule has 1 aliphatic heterocycles. The number of thiocarbonyl (C=S) groups is 1. The van der Waals surface area contributed by atoms with E-state index in [1.54, 1.807) is 38.1 Å². The lowest BCUT2D eigenvalue weighted by Gasteiger charge is -2.30. The Labute approximate surface area is 198 Å². The van der Waals surface area contributed by atoms with E-state index in [9.17, 15) is 9.59 Å². The lowest BCUT2D eigenvalue weighted by atomic mass is 9.95. The molecule has 3 rings (SSSR count). The molecule has 0 saturated heterocycles. The van der Waals surface area contributed by atoms with Gasteiger partial charge in [-0.2, -0.15) is 0 Å². The SMILES string of the molecule is CCOC(=O)C1=C(C)NC(=S)NC1c1ccc(OC(=O)/C=C/c2ccccc2C)c(OC)c1. The Balaban J connectivity index is 1.85. The molecule has 0 spiro atoms. The van der Waals surface area contributed by atoms with Crippen molar-refractivity contribution in [2.24, 2.45) is 0 Å². The van der Waals surface area contributed by atoms with E-state index in [0.717, 1.165) is 11.1 Å². The second kappa shape index (κ2) is 10.8. The molecular formula is C25H26N2O5S. The molecule has 0 fully saturated rings. The van der Waals surface area contributed by atoms with Crippen molar-refractivity contribution in [1.82, 2.24) is 10.6 Å². The Hall–Kier alpha value is -3.65. The number of aryl methyl sites for hydroxylation is 1. The van der Waals surface area contributed by atoms with Crippen molar-refractivity contribution in [3.05, 3.63) is 76.5 Å². The van der Waals surface area contributed by atoms with Crippen LogP contribution >= 0.6 is 12.2 Å². The number of nitrogens with one attached hydrogen (secondary N) is 2. The zero-order chi connectivity index (χ0) is 24.0. The van der Waals surface area contributed by atoms with Crippen LogP contribution in [0.2, 0.25) is 0 Å². The van der Waals surface area contributed by atoms with Crippen LogP contribution in [0, 0.1) is 6.92 Å². The van der Waals surface area contributed by atoms with Crippen molar-refractivity contribution in [3.63, 3.8) is 0 Å². The Morgan fingerprint density at radius 3 is 2.58 bits per heavy atom. The number of ether oxygens (including phenoxy) is 3. The quantitative estimate of drug-likeness (QED) is 0.274. The molecule has 2 N–H and O–H groups in total. The van der Waals surface area contributed by atoms with Crippen LogP contribution in [0.3, 0.4) is 0 Å². The lowest BCUT2D eigenvalue weighted by molar-refractivity contribution is -0.139. The first kappa shape index (κ1) is 24.0. The van der Waals surface area contributed by atoms with Crippen LogP contribution in [0.5, 0.6) is 11.5 Å². The molecule has 8 heteroatoms. The Kier molecular flexibility index (Phi) is 7.84. The molecule has 33 heavy (non-hydrogen) atoms. The van der Waals surface area contributed by atoms with Gasteiger partial charge in [-0.25, -0.2) is 9.59 Å². The maximum absolute atomic E-state index is 12.6. The van der Waals surface area contributed by atoms with E-state index in [1.807, 2.05) is 31.2 Å². The predicted octanol–water partition coefficient (Wildman–Crippen LogP) is 3.98. The van der Waals surface area contributed by atoms with Gasteiger partial charge in [-0.05, 0) is 67.9 Å². The summed E-state index contributed by atoms with van der Waals surface area (Å²) in [5, 5.41) is 6.44. The van der Waals surface area contributed by atoms with Crippen molar-refractivity contribution in [3.8, 4) is 11.5 Å². The molecule has 2 aromatic carbocycles. The van der Waals surface area contributed by atoms with Crippen molar-refractivity contribution >= 4 is 35.3 Å². The average Bonchev–Trinajstić information content (AvgIpc) is 2.78. The molecule has 1 heterocycles. The van der Waals surface area contributed by atoms with Gasteiger partial charge in [0.05, 0.1) is 25.3 Å². The number of rotatable bonds is 7. The van der Waals surface area contributed by atoms with Gasteiger partial charge < -0.3 is 24.8 Å². The van der Waals surface area contributed by atoms with Crippen molar-refractivity contribution < 1.29 is 23.8 Å². The molecule has 7 nitrogen and oxygen atoms in total. The van der Waals surface area contributed by atoms with E-state index < -0.39 is 18.0 Å². The van der Waals surface area contributed by atoms with Gasteiger partial charge in [-0.3, -0.25) is 0 Å². The highest BCUT2D eigenvalue weighted by molar-refractivity contribution is 7.80. The van der Waals surface area contributed by atoms with Crippen molar-refractivity contribution in [1.29, 1.82) is 0 Å². The fourth-order valence-corrected chi connectivity index (χ4v) is 3.72. The summed E-state index contributed by atoms with van der Waals surface area (Å²) in [5.41, 5.74) is 3.71. The molecule has 2 aromatic rings. The summed E-state index contributed by atoms with van der Waals surface area (Å²) in [5.74, 6) is -0.375. The molecule has 0 radical (unpaired) electrons. The molecule has 0 amide bonds. The standard InChI is InChI=1S/C25H26N2O5S/c1-5-31-24(29)22-16(3)26-25(33)27-23(22)18-10-12-19(20(14-18)30-4)32-21(28)13-11-17-9-7-6-8-15(17)2/h6-14,23H,5H2,1-4H3,(H2,26,27,33)/b13-11+. The van der Waals surface area contributed by atoms with E-state index in [-0.39, 0.29) is 12.4 Å². The molecule has 0 saturated carbocycles. The van der Waals surface area contributed by atoms with Gasteiger partial charge in [-0.15, -0.1) is 0 Å². The third-order valence-corrected chi connectivity index (χ3v) is 5.30. The molecule has 1 atom stereocenters. The Bertz CT molecular complexity index is 1140. The first-order valence-corrected chi connectivity index (χ1v) is 10.8. The summed E-state index contributed by atoms with van der Waals surface area (Å²) in [6, 6.07) is 12.2. The minimum atomic E-state index is -0.544. The van der Waals surface area contributed by atoms with Crippen molar-refractivity contribution in [2.45, 2.75) is 26.8 Å². The molecule has 0 aromatic heterocycles.